The lowest BCUT2D eigenvalue weighted by Crippen LogP contribution is -2.40. The van der Waals surface area contributed by atoms with Crippen LogP contribution in [0.1, 0.15) is 41.6 Å². The summed E-state index contributed by atoms with van der Waals surface area (Å²) in [6, 6.07) is 9.18. The van der Waals surface area contributed by atoms with Gasteiger partial charge in [0.05, 0.1) is 11.6 Å². The van der Waals surface area contributed by atoms with Gasteiger partial charge in [-0.1, -0.05) is 12.8 Å². The van der Waals surface area contributed by atoms with E-state index in [1.807, 2.05) is 4.90 Å². The first-order valence-corrected chi connectivity index (χ1v) is 7.17. The molecular weight excluding hydrogens is 260 g/mol. The molecule has 1 aromatic rings. The van der Waals surface area contributed by atoms with E-state index in [-0.39, 0.29) is 5.91 Å². The van der Waals surface area contributed by atoms with Crippen molar-refractivity contribution in [3.63, 3.8) is 0 Å². The van der Waals surface area contributed by atoms with Gasteiger partial charge in [-0.05, 0) is 37.1 Å². The molecule has 0 radical (unpaired) electrons. The van der Waals surface area contributed by atoms with Crippen LogP contribution in [0.25, 0.3) is 0 Å². The number of nitriles is 1. The highest BCUT2D eigenvalue weighted by Gasteiger charge is 2.26. The minimum atomic E-state index is 0.0250. The van der Waals surface area contributed by atoms with Crippen molar-refractivity contribution in [1.29, 1.82) is 5.26 Å². The van der Waals surface area contributed by atoms with Crippen molar-refractivity contribution in [2.45, 2.75) is 31.7 Å². The van der Waals surface area contributed by atoms with Gasteiger partial charge in [0, 0.05) is 24.0 Å². The number of carbonyl (C=O) groups is 1. The van der Waals surface area contributed by atoms with Crippen LogP contribution >= 0.6 is 11.6 Å². The predicted octanol–water partition coefficient (Wildman–Crippen LogP) is 3.18. The smallest absolute Gasteiger partial charge is 0.254 e. The number of rotatable bonds is 4. The molecule has 0 bridgehead atoms. The summed E-state index contributed by atoms with van der Waals surface area (Å²) in [6.45, 7) is 0.588. The van der Waals surface area contributed by atoms with Crippen LogP contribution in [0, 0.1) is 11.3 Å². The third-order valence-electron chi connectivity index (χ3n) is 3.61. The molecule has 0 atom stereocenters. The van der Waals surface area contributed by atoms with Crippen molar-refractivity contribution < 1.29 is 4.79 Å². The largest absolute Gasteiger partial charge is 0.334 e. The number of amides is 1. The molecule has 0 saturated heterocycles. The van der Waals surface area contributed by atoms with Crippen molar-refractivity contribution in [3.05, 3.63) is 35.4 Å². The number of carbonyl (C=O) groups excluding carboxylic acids is 1. The molecule has 1 fully saturated rings. The van der Waals surface area contributed by atoms with Gasteiger partial charge in [-0.2, -0.15) is 5.26 Å². The zero-order valence-electron chi connectivity index (χ0n) is 10.8. The monoisotopic (exact) mass is 276 g/mol. The fourth-order valence-corrected chi connectivity index (χ4v) is 2.79. The maximum atomic E-state index is 12.5. The Morgan fingerprint density at radius 2 is 1.95 bits per heavy atom. The molecule has 0 heterocycles. The van der Waals surface area contributed by atoms with Crippen molar-refractivity contribution in [3.8, 4) is 6.07 Å². The molecular formula is C15H17ClN2O. The lowest BCUT2D eigenvalue weighted by Gasteiger charge is -2.28. The minimum absolute atomic E-state index is 0.0250. The van der Waals surface area contributed by atoms with Crippen LogP contribution in [0.5, 0.6) is 0 Å². The standard InChI is InChI=1S/C15H17ClN2O/c16-9-10-18(14-3-1-2-4-14)15(19)13-7-5-12(11-17)6-8-13/h5-8,14H,1-4,9-10H2. The predicted molar refractivity (Wildman–Crippen MR) is 75.2 cm³/mol. The molecule has 0 aromatic heterocycles. The molecule has 100 valence electrons. The third-order valence-corrected chi connectivity index (χ3v) is 3.78. The van der Waals surface area contributed by atoms with E-state index in [1.165, 1.54) is 12.8 Å². The maximum Gasteiger partial charge on any atom is 0.254 e. The van der Waals surface area contributed by atoms with Crippen LogP contribution < -0.4 is 0 Å². The topological polar surface area (TPSA) is 44.1 Å². The summed E-state index contributed by atoms with van der Waals surface area (Å²) in [5.74, 6) is 0.482. The molecule has 0 spiro atoms. The van der Waals surface area contributed by atoms with Crippen LogP contribution in [0.4, 0.5) is 0 Å². The summed E-state index contributed by atoms with van der Waals surface area (Å²) in [6.07, 6.45) is 4.51. The van der Waals surface area contributed by atoms with E-state index in [0.717, 1.165) is 12.8 Å². The molecule has 2 rings (SSSR count). The van der Waals surface area contributed by atoms with E-state index in [2.05, 4.69) is 6.07 Å². The van der Waals surface area contributed by atoms with E-state index >= 15 is 0 Å². The van der Waals surface area contributed by atoms with E-state index < -0.39 is 0 Å². The first kappa shape index (κ1) is 13.9. The van der Waals surface area contributed by atoms with Crippen LogP contribution in [-0.2, 0) is 0 Å². The van der Waals surface area contributed by atoms with Gasteiger partial charge in [0.25, 0.3) is 5.91 Å². The molecule has 0 N–H and O–H groups in total. The van der Waals surface area contributed by atoms with Gasteiger partial charge < -0.3 is 4.90 Å². The zero-order chi connectivity index (χ0) is 13.7. The summed E-state index contributed by atoms with van der Waals surface area (Å²) in [7, 11) is 0. The quantitative estimate of drug-likeness (QED) is 0.793. The van der Waals surface area contributed by atoms with E-state index in [9.17, 15) is 4.79 Å². The van der Waals surface area contributed by atoms with Gasteiger partial charge >= 0.3 is 0 Å². The lowest BCUT2D eigenvalue weighted by atomic mass is 10.1. The summed E-state index contributed by atoms with van der Waals surface area (Å²) < 4.78 is 0. The number of alkyl halides is 1. The molecule has 1 aliphatic carbocycles. The highest BCUT2D eigenvalue weighted by Crippen LogP contribution is 2.25. The van der Waals surface area contributed by atoms with Crippen LogP contribution in [0.3, 0.4) is 0 Å². The second-order valence-electron chi connectivity index (χ2n) is 4.81. The normalized spacial score (nSPS) is 15.2. The molecule has 0 unspecified atom stereocenters. The summed E-state index contributed by atoms with van der Waals surface area (Å²) >= 11 is 5.82. The average molecular weight is 277 g/mol. The summed E-state index contributed by atoms with van der Waals surface area (Å²) in [4.78, 5) is 14.4. The zero-order valence-corrected chi connectivity index (χ0v) is 11.6. The molecule has 4 heteroatoms. The molecule has 1 amide bonds. The number of hydrogen-bond donors (Lipinski definition) is 0. The maximum absolute atomic E-state index is 12.5. The lowest BCUT2D eigenvalue weighted by molar-refractivity contribution is 0.0695. The Bertz CT molecular complexity index is 472. The molecule has 1 saturated carbocycles. The van der Waals surface area contributed by atoms with Crippen molar-refractivity contribution in [2.75, 3.05) is 12.4 Å². The van der Waals surface area contributed by atoms with Crippen LogP contribution in [0.2, 0.25) is 0 Å². The van der Waals surface area contributed by atoms with E-state index in [0.29, 0.717) is 29.6 Å². The van der Waals surface area contributed by atoms with E-state index in [1.54, 1.807) is 24.3 Å². The van der Waals surface area contributed by atoms with Gasteiger partial charge in [-0.15, -0.1) is 11.6 Å². The number of hydrogen-bond acceptors (Lipinski definition) is 2. The fourth-order valence-electron chi connectivity index (χ4n) is 2.61. The third kappa shape index (κ3) is 3.27. The van der Waals surface area contributed by atoms with Crippen molar-refractivity contribution in [1.82, 2.24) is 4.90 Å². The van der Waals surface area contributed by atoms with Crippen molar-refractivity contribution in [2.24, 2.45) is 0 Å². The Balaban J connectivity index is 2.15. The van der Waals surface area contributed by atoms with Gasteiger partial charge in [0.15, 0.2) is 0 Å². The Labute approximate surface area is 118 Å². The second kappa shape index (κ2) is 6.58. The molecule has 0 aliphatic heterocycles. The molecule has 3 nitrogen and oxygen atoms in total. The summed E-state index contributed by atoms with van der Waals surface area (Å²) in [5, 5.41) is 8.77. The van der Waals surface area contributed by atoms with Gasteiger partial charge in [-0.25, -0.2) is 0 Å². The van der Waals surface area contributed by atoms with Crippen LogP contribution in [-0.4, -0.2) is 29.3 Å². The van der Waals surface area contributed by atoms with Crippen LogP contribution in [0.15, 0.2) is 24.3 Å². The molecule has 1 aromatic carbocycles. The minimum Gasteiger partial charge on any atom is -0.334 e. The number of halogens is 1. The molecule has 1 aliphatic rings. The summed E-state index contributed by atoms with van der Waals surface area (Å²) in [5.41, 5.74) is 1.21. The van der Waals surface area contributed by atoms with Gasteiger partial charge in [0.1, 0.15) is 0 Å². The average Bonchev–Trinajstić information content (AvgIpc) is 2.98. The van der Waals surface area contributed by atoms with E-state index in [4.69, 9.17) is 16.9 Å². The highest BCUT2D eigenvalue weighted by atomic mass is 35.5. The van der Waals surface area contributed by atoms with Crippen molar-refractivity contribution >= 4 is 17.5 Å². The fraction of sp³-hybridized carbons (Fsp3) is 0.467. The van der Waals surface area contributed by atoms with Gasteiger partial charge in [-0.3, -0.25) is 4.79 Å². The Kier molecular flexibility index (Phi) is 4.81. The Hall–Kier alpha value is -1.53. The SMILES string of the molecule is N#Cc1ccc(C(=O)N(CCCl)C2CCCC2)cc1. The highest BCUT2D eigenvalue weighted by molar-refractivity contribution is 6.18. The van der Waals surface area contributed by atoms with Gasteiger partial charge in [0.2, 0.25) is 0 Å². The number of benzene rings is 1. The first-order chi connectivity index (χ1) is 9.26. The Morgan fingerprint density at radius 3 is 2.47 bits per heavy atom. The Morgan fingerprint density at radius 1 is 1.32 bits per heavy atom. The second-order valence-corrected chi connectivity index (χ2v) is 5.19. The first-order valence-electron chi connectivity index (χ1n) is 6.63. The number of nitrogens with zero attached hydrogens (tertiary/aromatic N) is 2. The molecule has 19 heavy (non-hydrogen) atoms.